The number of hydrogen-bond donors (Lipinski definition) is 1. The molecule has 118 valence electrons. The van der Waals surface area contributed by atoms with Gasteiger partial charge in [0.2, 0.25) is 10.0 Å². The second kappa shape index (κ2) is 6.90. The van der Waals surface area contributed by atoms with Gasteiger partial charge in [0.15, 0.2) is 0 Å². The molecule has 5 heteroatoms. The van der Waals surface area contributed by atoms with E-state index in [1.165, 1.54) is 6.42 Å². The molecule has 0 heterocycles. The molecule has 1 aliphatic carbocycles. The van der Waals surface area contributed by atoms with Crippen molar-refractivity contribution in [2.75, 3.05) is 6.54 Å². The van der Waals surface area contributed by atoms with Crippen molar-refractivity contribution in [2.45, 2.75) is 63.4 Å². The third-order valence-electron chi connectivity index (χ3n) is 4.44. The Kier molecular flexibility index (Phi) is 5.41. The average Bonchev–Trinajstić information content (AvgIpc) is 2.49. The van der Waals surface area contributed by atoms with E-state index >= 15 is 0 Å². The van der Waals surface area contributed by atoms with E-state index < -0.39 is 10.0 Å². The van der Waals surface area contributed by atoms with Gasteiger partial charge in [0.25, 0.3) is 0 Å². The zero-order valence-electron chi connectivity index (χ0n) is 13.0. The van der Waals surface area contributed by atoms with Crippen molar-refractivity contribution in [1.82, 2.24) is 4.31 Å². The number of sulfonamides is 1. The van der Waals surface area contributed by atoms with Crippen LogP contribution in [0.1, 0.15) is 50.2 Å². The Bertz CT molecular complexity index is 578. The maximum atomic E-state index is 12.9. The smallest absolute Gasteiger partial charge is 0.243 e. The number of nitrogens with zero attached hydrogens (tertiary/aromatic N) is 1. The van der Waals surface area contributed by atoms with E-state index in [9.17, 15) is 8.42 Å². The van der Waals surface area contributed by atoms with E-state index in [1.54, 1.807) is 16.4 Å². The van der Waals surface area contributed by atoms with Crippen LogP contribution in [-0.4, -0.2) is 25.3 Å². The van der Waals surface area contributed by atoms with Crippen LogP contribution in [0.2, 0.25) is 0 Å². The van der Waals surface area contributed by atoms with Crippen LogP contribution < -0.4 is 5.73 Å². The molecule has 0 aromatic heterocycles. The summed E-state index contributed by atoms with van der Waals surface area (Å²) < 4.78 is 27.5. The monoisotopic (exact) mass is 310 g/mol. The number of rotatable bonds is 5. The van der Waals surface area contributed by atoms with Gasteiger partial charge in [-0.2, -0.15) is 4.31 Å². The molecule has 21 heavy (non-hydrogen) atoms. The van der Waals surface area contributed by atoms with Gasteiger partial charge in [-0.1, -0.05) is 32.3 Å². The van der Waals surface area contributed by atoms with Crippen LogP contribution in [0, 0.1) is 6.92 Å². The molecule has 1 aliphatic rings. The molecule has 0 saturated heterocycles. The Balaban J connectivity index is 2.34. The summed E-state index contributed by atoms with van der Waals surface area (Å²) in [7, 11) is -3.42. The van der Waals surface area contributed by atoms with E-state index in [0.29, 0.717) is 18.0 Å². The minimum Gasteiger partial charge on any atom is -0.326 e. The maximum Gasteiger partial charge on any atom is 0.243 e. The average molecular weight is 310 g/mol. The lowest BCUT2D eigenvalue weighted by atomic mass is 9.95. The second-order valence-corrected chi connectivity index (χ2v) is 7.68. The van der Waals surface area contributed by atoms with Crippen LogP contribution >= 0.6 is 0 Å². The molecule has 1 fully saturated rings. The van der Waals surface area contributed by atoms with E-state index in [-0.39, 0.29) is 6.04 Å². The first-order valence-electron chi connectivity index (χ1n) is 7.82. The van der Waals surface area contributed by atoms with Gasteiger partial charge < -0.3 is 5.73 Å². The summed E-state index contributed by atoms with van der Waals surface area (Å²) >= 11 is 0. The Labute approximate surface area is 128 Å². The van der Waals surface area contributed by atoms with Crippen molar-refractivity contribution in [3.05, 3.63) is 29.3 Å². The molecule has 0 radical (unpaired) electrons. The fraction of sp³-hybridized carbons (Fsp3) is 0.625. The Hall–Kier alpha value is -0.910. The van der Waals surface area contributed by atoms with Crippen LogP contribution in [0.3, 0.4) is 0 Å². The molecule has 2 rings (SSSR count). The minimum atomic E-state index is -3.42. The predicted octanol–water partition coefficient (Wildman–Crippen LogP) is 2.80. The highest BCUT2D eigenvalue weighted by Crippen LogP contribution is 2.28. The fourth-order valence-electron chi connectivity index (χ4n) is 3.16. The third kappa shape index (κ3) is 3.47. The van der Waals surface area contributed by atoms with Crippen molar-refractivity contribution in [3.63, 3.8) is 0 Å². The zero-order chi connectivity index (χ0) is 15.5. The lowest BCUT2D eigenvalue weighted by Crippen LogP contribution is -2.41. The van der Waals surface area contributed by atoms with Gasteiger partial charge in [0.05, 0.1) is 4.90 Å². The number of nitrogens with two attached hydrogens (primary N) is 1. The van der Waals surface area contributed by atoms with Crippen molar-refractivity contribution in [2.24, 2.45) is 5.73 Å². The van der Waals surface area contributed by atoms with Crippen LogP contribution in [0.25, 0.3) is 0 Å². The molecule has 1 aromatic rings. The molecule has 0 atom stereocenters. The molecule has 4 nitrogen and oxygen atoms in total. The van der Waals surface area contributed by atoms with Crippen LogP contribution in [0.15, 0.2) is 23.1 Å². The highest BCUT2D eigenvalue weighted by molar-refractivity contribution is 7.89. The van der Waals surface area contributed by atoms with Gasteiger partial charge in [-0.15, -0.1) is 0 Å². The van der Waals surface area contributed by atoms with E-state index in [1.807, 2.05) is 19.9 Å². The van der Waals surface area contributed by atoms with E-state index in [0.717, 1.165) is 36.8 Å². The second-order valence-electron chi connectivity index (χ2n) is 5.79. The number of benzene rings is 1. The molecule has 0 unspecified atom stereocenters. The van der Waals surface area contributed by atoms with Crippen molar-refractivity contribution in [3.8, 4) is 0 Å². The Morgan fingerprint density at radius 1 is 1.24 bits per heavy atom. The van der Waals surface area contributed by atoms with Gasteiger partial charge in [-0.25, -0.2) is 8.42 Å². The van der Waals surface area contributed by atoms with Gasteiger partial charge in [0.1, 0.15) is 0 Å². The standard InChI is InChI=1S/C16H26N2O2S/c1-3-18(15-7-5-4-6-8-15)21(19,20)16-10-9-13(2)14(11-16)12-17/h9-11,15H,3-8,12,17H2,1-2H3. The lowest BCUT2D eigenvalue weighted by Gasteiger charge is -2.32. The first-order chi connectivity index (χ1) is 10.0. The fourth-order valence-corrected chi connectivity index (χ4v) is 4.90. The molecular weight excluding hydrogens is 284 g/mol. The zero-order valence-corrected chi connectivity index (χ0v) is 13.8. The van der Waals surface area contributed by atoms with Gasteiger partial charge in [0, 0.05) is 19.1 Å². The minimum absolute atomic E-state index is 0.149. The number of aryl methyl sites for hydroxylation is 1. The quantitative estimate of drug-likeness (QED) is 0.909. The van der Waals surface area contributed by atoms with Crippen LogP contribution in [0.5, 0.6) is 0 Å². The maximum absolute atomic E-state index is 12.9. The third-order valence-corrected chi connectivity index (χ3v) is 6.46. The SMILES string of the molecule is CCN(C1CCCCC1)S(=O)(=O)c1ccc(C)c(CN)c1. The summed E-state index contributed by atoms with van der Waals surface area (Å²) in [6.45, 7) is 4.77. The first-order valence-corrected chi connectivity index (χ1v) is 9.26. The normalized spacial score (nSPS) is 17.3. The summed E-state index contributed by atoms with van der Waals surface area (Å²) in [4.78, 5) is 0.376. The van der Waals surface area contributed by atoms with E-state index in [4.69, 9.17) is 5.73 Å². The molecule has 0 amide bonds. The predicted molar refractivity (Wildman–Crippen MR) is 85.5 cm³/mol. The molecule has 2 N–H and O–H groups in total. The molecule has 0 aliphatic heterocycles. The van der Waals surface area contributed by atoms with Gasteiger partial charge >= 0.3 is 0 Å². The molecule has 1 aromatic carbocycles. The summed E-state index contributed by atoms with van der Waals surface area (Å²) in [5.41, 5.74) is 7.64. The number of hydrogen-bond acceptors (Lipinski definition) is 3. The summed E-state index contributed by atoms with van der Waals surface area (Å²) in [5, 5.41) is 0. The molecule has 0 bridgehead atoms. The van der Waals surface area contributed by atoms with E-state index in [2.05, 4.69) is 0 Å². The Morgan fingerprint density at radius 3 is 2.48 bits per heavy atom. The summed E-state index contributed by atoms with van der Waals surface area (Å²) in [6.07, 6.45) is 5.42. The molecule has 0 spiro atoms. The largest absolute Gasteiger partial charge is 0.326 e. The van der Waals surface area contributed by atoms with Crippen molar-refractivity contribution >= 4 is 10.0 Å². The highest BCUT2D eigenvalue weighted by Gasteiger charge is 2.31. The summed E-state index contributed by atoms with van der Waals surface area (Å²) in [5.74, 6) is 0. The molecule has 1 saturated carbocycles. The van der Waals surface area contributed by atoms with Crippen LogP contribution in [0.4, 0.5) is 0 Å². The highest BCUT2D eigenvalue weighted by atomic mass is 32.2. The van der Waals surface area contributed by atoms with Gasteiger partial charge in [-0.05, 0) is 43.0 Å². The van der Waals surface area contributed by atoms with Crippen LogP contribution in [-0.2, 0) is 16.6 Å². The van der Waals surface area contributed by atoms with Gasteiger partial charge in [-0.3, -0.25) is 0 Å². The lowest BCUT2D eigenvalue weighted by molar-refractivity contribution is 0.261. The van der Waals surface area contributed by atoms with Crippen molar-refractivity contribution in [1.29, 1.82) is 0 Å². The Morgan fingerprint density at radius 2 is 1.90 bits per heavy atom. The topological polar surface area (TPSA) is 63.4 Å². The van der Waals surface area contributed by atoms with Crippen molar-refractivity contribution < 1.29 is 8.42 Å². The first kappa shape index (κ1) is 16.5. The molecular formula is C16H26N2O2S. The summed E-state index contributed by atoms with van der Waals surface area (Å²) in [6, 6.07) is 5.44.